The molecule has 2 amide bonds. The minimum absolute atomic E-state index is 0.146. The molecule has 0 spiro atoms. The van der Waals surface area contributed by atoms with E-state index in [4.69, 9.17) is 4.74 Å². The van der Waals surface area contributed by atoms with Crippen molar-refractivity contribution in [2.75, 3.05) is 13.2 Å². The van der Waals surface area contributed by atoms with Gasteiger partial charge in [-0.3, -0.25) is 9.59 Å². The minimum Gasteiger partial charge on any atom is -0.379 e. The number of ether oxygens (including phenoxy) is 1. The van der Waals surface area contributed by atoms with Gasteiger partial charge in [0.25, 0.3) is 5.91 Å². The average molecular weight is 241 g/mol. The van der Waals surface area contributed by atoms with Gasteiger partial charge in [0, 0.05) is 26.0 Å². The summed E-state index contributed by atoms with van der Waals surface area (Å²) in [5.41, 5.74) is 2.68. The standard InChI is InChI=1S/C11H19N3O3/c1-8(2)17-7-3-6-12-11(16)9-4-5-10(15)14-13-9/h8H,3-7H2,1-2H3,(H,12,16)(H,14,15). The van der Waals surface area contributed by atoms with E-state index in [2.05, 4.69) is 15.8 Å². The molecule has 1 aliphatic heterocycles. The van der Waals surface area contributed by atoms with E-state index in [0.717, 1.165) is 6.42 Å². The Morgan fingerprint density at radius 3 is 2.88 bits per heavy atom. The lowest BCUT2D eigenvalue weighted by Crippen LogP contribution is -2.37. The van der Waals surface area contributed by atoms with Gasteiger partial charge in [0.05, 0.1) is 6.10 Å². The highest BCUT2D eigenvalue weighted by Crippen LogP contribution is 1.99. The predicted molar refractivity (Wildman–Crippen MR) is 63.5 cm³/mol. The molecule has 1 aliphatic rings. The van der Waals surface area contributed by atoms with Crippen LogP contribution in [0.1, 0.15) is 33.1 Å². The highest BCUT2D eigenvalue weighted by molar-refractivity contribution is 6.39. The fourth-order valence-corrected chi connectivity index (χ4v) is 1.33. The number of carbonyl (C=O) groups is 2. The molecule has 17 heavy (non-hydrogen) atoms. The monoisotopic (exact) mass is 241 g/mol. The average Bonchev–Trinajstić information content (AvgIpc) is 2.29. The first kappa shape index (κ1) is 13.6. The van der Waals surface area contributed by atoms with E-state index in [1.54, 1.807) is 0 Å². The van der Waals surface area contributed by atoms with Crippen LogP contribution in [0, 0.1) is 0 Å². The first-order chi connectivity index (χ1) is 8.09. The van der Waals surface area contributed by atoms with Crippen molar-refractivity contribution in [3.8, 4) is 0 Å². The van der Waals surface area contributed by atoms with Crippen molar-refractivity contribution in [2.24, 2.45) is 5.10 Å². The second kappa shape index (κ2) is 7.01. The second-order valence-corrected chi connectivity index (χ2v) is 4.12. The molecule has 96 valence electrons. The molecule has 1 rings (SSSR count). The van der Waals surface area contributed by atoms with Crippen LogP contribution >= 0.6 is 0 Å². The molecule has 0 saturated carbocycles. The summed E-state index contributed by atoms with van der Waals surface area (Å²) < 4.78 is 5.34. The summed E-state index contributed by atoms with van der Waals surface area (Å²) in [6.07, 6.45) is 1.70. The van der Waals surface area contributed by atoms with Gasteiger partial charge in [0.2, 0.25) is 5.91 Å². The first-order valence-corrected chi connectivity index (χ1v) is 5.85. The molecule has 0 aromatic heterocycles. The van der Waals surface area contributed by atoms with Crippen molar-refractivity contribution >= 4 is 17.5 Å². The van der Waals surface area contributed by atoms with Crippen LogP contribution < -0.4 is 10.7 Å². The van der Waals surface area contributed by atoms with E-state index in [1.807, 2.05) is 13.8 Å². The van der Waals surface area contributed by atoms with E-state index in [1.165, 1.54) is 0 Å². The van der Waals surface area contributed by atoms with Gasteiger partial charge in [-0.05, 0) is 20.3 Å². The summed E-state index contributed by atoms with van der Waals surface area (Å²) in [6.45, 7) is 5.12. The SMILES string of the molecule is CC(C)OCCCNC(=O)C1=NNC(=O)CC1. The summed E-state index contributed by atoms with van der Waals surface area (Å²) in [5, 5.41) is 6.45. The molecule has 0 aromatic carbocycles. The first-order valence-electron chi connectivity index (χ1n) is 5.85. The lowest BCUT2D eigenvalue weighted by atomic mass is 10.1. The van der Waals surface area contributed by atoms with E-state index in [-0.39, 0.29) is 17.9 Å². The largest absolute Gasteiger partial charge is 0.379 e. The molecule has 0 bridgehead atoms. The summed E-state index contributed by atoms with van der Waals surface area (Å²) in [4.78, 5) is 22.4. The zero-order chi connectivity index (χ0) is 12.7. The molecule has 0 fully saturated rings. The summed E-state index contributed by atoms with van der Waals surface area (Å²) >= 11 is 0. The van der Waals surface area contributed by atoms with Gasteiger partial charge in [-0.1, -0.05) is 0 Å². The second-order valence-electron chi connectivity index (χ2n) is 4.12. The van der Waals surface area contributed by atoms with Gasteiger partial charge in [-0.25, -0.2) is 5.43 Å². The Morgan fingerprint density at radius 1 is 1.53 bits per heavy atom. The maximum atomic E-state index is 11.6. The lowest BCUT2D eigenvalue weighted by Gasteiger charge is -2.12. The summed E-state index contributed by atoms with van der Waals surface area (Å²) in [7, 11) is 0. The maximum Gasteiger partial charge on any atom is 0.267 e. The zero-order valence-corrected chi connectivity index (χ0v) is 10.3. The van der Waals surface area contributed by atoms with Crippen LogP contribution in [0.25, 0.3) is 0 Å². The Hall–Kier alpha value is -1.43. The Labute approximate surface area is 101 Å². The Morgan fingerprint density at radius 2 is 2.29 bits per heavy atom. The highest BCUT2D eigenvalue weighted by Gasteiger charge is 2.17. The fourth-order valence-electron chi connectivity index (χ4n) is 1.33. The van der Waals surface area contributed by atoms with Gasteiger partial charge >= 0.3 is 0 Å². The van der Waals surface area contributed by atoms with E-state index in [0.29, 0.717) is 31.7 Å². The number of hydrogen-bond acceptors (Lipinski definition) is 4. The normalized spacial score (nSPS) is 15.5. The molecule has 0 aliphatic carbocycles. The number of hydrazone groups is 1. The molecule has 0 radical (unpaired) electrons. The molecule has 0 unspecified atom stereocenters. The highest BCUT2D eigenvalue weighted by atomic mass is 16.5. The molecular weight excluding hydrogens is 222 g/mol. The van der Waals surface area contributed by atoms with E-state index >= 15 is 0 Å². The molecule has 0 atom stereocenters. The van der Waals surface area contributed by atoms with Crippen LogP contribution in [0.5, 0.6) is 0 Å². The van der Waals surface area contributed by atoms with Crippen molar-refractivity contribution in [1.29, 1.82) is 0 Å². The molecule has 1 heterocycles. The lowest BCUT2D eigenvalue weighted by molar-refractivity contribution is -0.121. The summed E-state index contributed by atoms with van der Waals surface area (Å²) in [6, 6.07) is 0. The van der Waals surface area contributed by atoms with Crippen molar-refractivity contribution in [1.82, 2.24) is 10.7 Å². The zero-order valence-electron chi connectivity index (χ0n) is 10.3. The van der Waals surface area contributed by atoms with E-state index < -0.39 is 0 Å². The summed E-state index contributed by atoms with van der Waals surface area (Å²) in [5.74, 6) is -0.360. The van der Waals surface area contributed by atoms with Crippen molar-refractivity contribution < 1.29 is 14.3 Å². The Bertz CT molecular complexity index is 313. The van der Waals surface area contributed by atoms with Gasteiger partial charge in [0.15, 0.2) is 0 Å². The number of hydrogen-bond donors (Lipinski definition) is 2. The van der Waals surface area contributed by atoms with Gasteiger partial charge in [-0.15, -0.1) is 0 Å². The van der Waals surface area contributed by atoms with E-state index in [9.17, 15) is 9.59 Å². The maximum absolute atomic E-state index is 11.6. The third-order valence-corrected chi connectivity index (χ3v) is 2.22. The quantitative estimate of drug-likeness (QED) is 0.651. The molecule has 0 aromatic rings. The number of amides is 2. The Kier molecular flexibility index (Phi) is 5.62. The van der Waals surface area contributed by atoms with Crippen LogP contribution in [-0.4, -0.2) is 36.8 Å². The fraction of sp³-hybridized carbons (Fsp3) is 0.727. The molecule has 2 N–H and O–H groups in total. The van der Waals surface area contributed by atoms with Gasteiger partial charge in [0.1, 0.15) is 5.71 Å². The van der Waals surface area contributed by atoms with Crippen LogP contribution in [-0.2, 0) is 14.3 Å². The number of nitrogens with zero attached hydrogens (tertiary/aromatic N) is 1. The van der Waals surface area contributed by atoms with Crippen molar-refractivity contribution in [3.63, 3.8) is 0 Å². The molecule has 0 saturated heterocycles. The number of nitrogens with one attached hydrogen (secondary N) is 2. The van der Waals surface area contributed by atoms with Crippen LogP contribution in [0.4, 0.5) is 0 Å². The topological polar surface area (TPSA) is 79.8 Å². The van der Waals surface area contributed by atoms with Crippen molar-refractivity contribution in [2.45, 2.75) is 39.2 Å². The number of rotatable bonds is 6. The molecular formula is C11H19N3O3. The predicted octanol–water partition coefficient (Wildman–Crippen LogP) is 0.184. The number of carbonyl (C=O) groups excluding carboxylic acids is 2. The van der Waals surface area contributed by atoms with Crippen LogP contribution in [0.3, 0.4) is 0 Å². The third kappa shape index (κ3) is 5.44. The van der Waals surface area contributed by atoms with Crippen LogP contribution in [0.15, 0.2) is 5.10 Å². The molecule has 6 heteroatoms. The van der Waals surface area contributed by atoms with Crippen molar-refractivity contribution in [3.05, 3.63) is 0 Å². The van der Waals surface area contributed by atoms with Crippen LogP contribution in [0.2, 0.25) is 0 Å². The molecule has 6 nitrogen and oxygen atoms in total. The Balaban J connectivity index is 2.15. The van der Waals surface area contributed by atoms with Gasteiger partial charge < -0.3 is 10.1 Å². The third-order valence-electron chi connectivity index (χ3n) is 2.22. The minimum atomic E-state index is -0.213. The smallest absolute Gasteiger partial charge is 0.267 e. The van der Waals surface area contributed by atoms with Gasteiger partial charge in [-0.2, -0.15) is 5.10 Å².